The molecule has 2 rings (SSSR count). The number of hydrogen-bond donors (Lipinski definition) is 1. The summed E-state index contributed by atoms with van der Waals surface area (Å²) < 4.78 is 27.0. The Balaban J connectivity index is 2.70. The molecular formula is C12H9BrF2O3. The lowest BCUT2D eigenvalue weighted by Gasteiger charge is -2.26. The summed E-state index contributed by atoms with van der Waals surface area (Å²) in [7, 11) is 0. The minimum Gasteiger partial charge on any atom is -0.480 e. The number of carboxylic acids is 1. The van der Waals surface area contributed by atoms with Crippen LogP contribution in [0.5, 0.6) is 0 Å². The molecule has 0 bridgehead atoms. The molecule has 0 fully saturated rings. The Morgan fingerprint density at radius 2 is 2.11 bits per heavy atom. The van der Waals surface area contributed by atoms with Crippen LogP contribution < -0.4 is 0 Å². The largest absolute Gasteiger partial charge is 0.480 e. The summed E-state index contributed by atoms with van der Waals surface area (Å²) in [5, 5.41) is 9.10. The summed E-state index contributed by atoms with van der Waals surface area (Å²) in [6.45, 7) is 1.35. The summed E-state index contributed by atoms with van der Waals surface area (Å²) in [5.41, 5.74) is -2.26. The van der Waals surface area contributed by atoms with Gasteiger partial charge in [-0.3, -0.25) is 9.59 Å². The third-order valence-corrected chi connectivity index (χ3v) is 3.98. The SMILES string of the molecule is CC1c2ccc(Br)cc2C(=O)C1(C(=O)O)C(F)F. The Morgan fingerprint density at radius 1 is 1.50 bits per heavy atom. The third-order valence-electron chi connectivity index (χ3n) is 3.48. The van der Waals surface area contributed by atoms with Gasteiger partial charge in [-0.15, -0.1) is 0 Å². The number of benzene rings is 1. The maximum absolute atomic E-state index is 13.2. The molecule has 0 spiro atoms. The van der Waals surface area contributed by atoms with Gasteiger partial charge in [-0.05, 0) is 17.7 Å². The van der Waals surface area contributed by atoms with E-state index in [2.05, 4.69) is 15.9 Å². The van der Waals surface area contributed by atoms with Crippen molar-refractivity contribution in [3.05, 3.63) is 33.8 Å². The molecule has 0 aromatic heterocycles. The van der Waals surface area contributed by atoms with E-state index in [1.54, 1.807) is 6.07 Å². The Hall–Kier alpha value is -1.30. The van der Waals surface area contributed by atoms with Gasteiger partial charge in [0.1, 0.15) is 0 Å². The van der Waals surface area contributed by atoms with E-state index in [9.17, 15) is 18.4 Å². The molecular weight excluding hydrogens is 310 g/mol. The van der Waals surface area contributed by atoms with Gasteiger partial charge in [0, 0.05) is 16.0 Å². The summed E-state index contributed by atoms with van der Waals surface area (Å²) in [6.07, 6.45) is -3.25. The quantitative estimate of drug-likeness (QED) is 0.852. The van der Waals surface area contributed by atoms with Crippen molar-refractivity contribution in [2.75, 3.05) is 0 Å². The number of fused-ring (bicyclic) bond motifs is 1. The van der Waals surface area contributed by atoms with Crippen molar-refractivity contribution in [3.63, 3.8) is 0 Å². The highest BCUT2D eigenvalue weighted by Gasteiger charge is 2.63. The summed E-state index contributed by atoms with van der Waals surface area (Å²) >= 11 is 3.14. The highest BCUT2D eigenvalue weighted by molar-refractivity contribution is 9.10. The lowest BCUT2D eigenvalue weighted by atomic mass is 9.76. The predicted octanol–water partition coefficient (Wildman–Crippen LogP) is 3.09. The van der Waals surface area contributed by atoms with Crippen LogP contribution >= 0.6 is 15.9 Å². The fourth-order valence-corrected chi connectivity index (χ4v) is 2.79. The molecule has 2 unspecified atom stereocenters. The van der Waals surface area contributed by atoms with Crippen LogP contribution in [-0.2, 0) is 4.79 Å². The standard InChI is InChI=1S/C12H9BrF2O3/c1-5-7-3-2-6(13)4-8(7)9(16)12(5,10(14)15)11(17)18/h2-5,10H,1H3,(H,17,18). The lowest BCUT2D eigenvalue weighted by Crippen LogP contribution is -2.45. The molecule has 0 amide bonds. The first-order chi connectivity index (χ1) is 8.33. The number of Topliss-reactive ketones (excluding diaryl/α,β-unsaturated/α-hetero) is 1. The van der Waals surface area contributed by atoms with Crippen LogP contribution in [0.4, 0.5) is 8.78 Å². The molecule has 0 saturated heterocycles. The molecule has 0 saturated carbocycles. The molecule has 2 atom stereocenters. The first-order valence-corrected chi connectivity index (χ1v) is 5.98. The number of alkyl halides is 2. The zero-order valence-corrected chi connectivity index (χ0v) is 10.9. The van der Waals surface area contributed by atoms with Gasteiger partial charge in [-0.25, -0.2) is 8.78 Å². The van der Waals surface area contributed by atoms with E-state index in [-0.39, 0.29) is 5.56 Å². The molecule has 3 nitrogen and oxygen atoms in total. The van der Waals surface area contributed by atoms with Gasteiger partial charge >= 0.3 is 5.97 Å². The van der Waals surface area contributed by atoms with Crippen molar-refractivity contribution in [2.24, 2.45) is 5.41 Å². The smallest absolute Gasteiger partial charge is 0.324 e. The number of carbonyl (C=O) groups is 2. The van der Waals surface area contributed by atoms with Gasteiger partial charge in [-0.2, -0.15) is 0 Å². The van der Waals surface area contributed by atoms with E-state index in [1.807, 2.05) is 0 Å². The van der Waals surface area contributed by atoms with E-state index in [1.165, 1.54) is 19.1 Å². The predicted molar refractivity (Wildman–Crippen MR) is 63.0 cm³/mol. The summed E-state index contributed by atoms with van der Waals surface area (Å²) in [5.74, 6) is -3.85. The van der Waals surface area contributed by atoms with Gasteiger partial charge in [0.2, 0.25) is 0 Å². The second-order valence-corrected chi connectivity index (χ2v) is 5.17. The van der Waals surface area contributed by atoms with Crippen LogP contribution in [0.1, 0.15) is 28.8 Å². The Morgan fingerprint density at radius 3 is 2.61 bits per heavy atom. The van der Waals surface area contributed by atoms with Gasteiger partial charge in [0.05, 0.1) is 0 Å². The van der Waals surface area contributed by atoms with Gasteiger partial charge in [0.25, 0.3) is 6.43 Å². The maximum atomic E-state index is 13.2. The van der Waals surface area contributed by atoms with E-state index in [4.69, 9.17) is 5.11 Å². The van der Waals surface area contributed by atoms with E-state index >= 15 is 0 Å². The number of rotatable bonds is 2. The monoisotopic (exact) mass is 318 g/mol. The third kappa shape index (κ3) is 1.44. The second kappa shape index (κ2) is 4.12. The van der Waals surface area contributed by atoms with Crippen molar-refractivity contribution in [1.82, 2.24) is 0 Å². The molecule has 0 heterocycles. The first-order valence-electron chi connectivity index (χ1n) is 5.19. The average Bonchev–Trinajstić information content (AvgIpc) is 2.49. The van der Waals surface area contributed by atoms with Crippen LogP contribution in [-0.4, -0.2) is 23.3 Å². The highest BCUT2D eigenvalue weighted by atomic mass is 79.9. The van der Waals surface area contributed by atoms with E-state index < -0.39 is 29.5 Å². The molecule has 1 aromatic rings. The Kier molecular flexibility index (Phi) is 3.01. The number of ketones is 1. The molecule has 1 aliphatic carbocycles. The topological polar surface area (TPSA) is 54.4 Å². The van der Waals surface area contributed by atoms with Crippen molar-refractivity contribution < 1.29 is 23.5 Å². The maximum Gasteiger partial charge on any atom is 0.324 e. The fourth-order valence-electron chi connectivity index (χ4n) is 2.43. The Bertz CT molecular complexity index is 544. The van der Waals surface area contributed by atoms with Crippen LogP contribution in [0.15, 0.2) is 22.7 Å². The highest BCUT2D eigenvalue weighted by Crippen LogP contribution is 2.51. The van der Waals surface area contributed by atoms with Gasteiger partial charge in [-0.1, -0.05) is 28.9 Å². The van der Waals surface area contributed by atoms with Crippen LogP contribution in [0.25, 0.3) is 0 Å². The number of carboxylic acid groups (broad SMARTS) is 1. The molecule has 1 aliphatic rings. The van der Waals surface area contributed by atoms with E-state index in [0.717, 1.165) is 0 Å². The minimum atomic E-state index is -3.25. The summed E-state index contributed by atoms with van der Waals surface area (Å²) in [4.78, 5) is 23.3. The number of halogens is 3. The lowest BCUT2D eigenvalue weighted by molar-refractivity contribution is -0.155. The number of aliphatic carboxylic acids is 1. The fraction of sp³-hybridized carbons (Fsp3) is 0.333. The van der Waals surface area contributed by atoms with Crippen LogP contribution in [0.2, 0.25) is 0 Å². The minimum absolute atomic E-state index is 0.0552. The zero-order valence-electron chi connectivity index (χ0n) is 9.28. The number of carbonyl (C=O) groups excluding carboxylic acids is 1. The molecule has 1 aromatic carbocycles. The van der Waals surface area contributed by atoms with Gasteiger partial charge < -0.3 is 5.11 Å². The zero-order chi connectivity index (χ0) is 13.7. The van der Waals surface area contributed by atoms with Crippen molar-refractivity contribution in [3.8, 4) is 0 Å². The van der Waals surface area contributed by atoms with Crippen LogP contribution in [0, 0.1) is 5.41 Å². The van der Waals surface area contributed by atoms with Crippen LogP contribution in [0.3, 0.4) is 0 Å². The molecule has 18 heavy (non-hydrogen) atoms. The van der Waals surface area contributed by atoms with Gasteiger partial charge in [0.15, 0.2) is 11.2 Å². The normalized spacial score (nSPS) is 26.5. The molecule has 6 heteroatoms. The summed E-state index contributed by atoms with van der Waals surface area (Å²) in [6, 6.07) is 4.50. The molecule has 0 aliphatic heterocycles. The van der Waals surface area contributed by atoms with Crippen molar-refractivity contribution in [2.45, 2.75) is 19.3 Å². The average molecular weight is 319 g/mol. The first kappa shape index (κ1) is 13.1. The molecule has 1 N–H and O–H groups in total. The second-order valence-electron chi connectivity index (χ2n) is 4.26. The van der Waals surface area contributed by atoms with Crippen molar-refractivity contribution >= 4 is 27.7 Å². The molecule has 96 valence electrons. The Labute approximate surface area is 110 Å². The van der Waals surface area contributed by atoms with Crippen molar-refractivity contribution in [1.29, 1.82) is 0 Å². The number of hydrogen-bond acceptors (Lipinski definition) is 2. The van der Waals surface area contributed by atoms with E-state index in [0.29, 0.717) is 10.0 Å². The molecule has 0 radical (unpaired) electrons.